The molecule has 1 fully saturated rings. The number of β-lactam (4-membered cyclic amide) rings is 1. The number of methoxy groups -OCH3 is 1. The molecule has 0 unspecified atom stereocenters. The van der Waals surface area contributed by atoms with E-state index < -0.39 is 34.9 Å². The van der Waals surface area contributed by atoms with Crippen LogP contribution >= 0.6 is 23.1 Å². The number of oxime groups is 1. The molecule has 2 atom stereocenters. The molecule has 4 rings (SSSR count). The third kappa shape index (κ3) is 5.18. The second kappa shape index (κ2) is 11.2. The molecular formula is C19H16N7NaO6S2. The predicted molar refractivity (Wildman–Crippen MR) is 120 cm³/mol. The number of carbonyl (C=O) groups is 3. The number of nitrogen functional groups attached to an aromatic ring is 1. The van der Waals surface area contributed by atoms with Crippen molar-refractivity contribution >= 4 is 57.8 Å². The van der Waals surface area contributed by atoms with Crippen molar-refractivity contribution in [3.05, 3.63) is 46.5 Å². The number of thioether (sulfide) groups is 1. The molecule has 4 heterocycles. The van der Waals surface area contributed by atoms with E-state index in [2.05, 4.69) is 25.4 Å². The zero-order chi connectivity index (χ0) is 24.4. The number of carboxylic acid groups (broad SMARTS) is 1. The Balaban J connectivity index is 0.00000342. The van der Waals surface area contributed by atoms with Crippen LogP contribution in [0.2, 0.25) is 0 Å². The van der Waals surface area contributed by atoms with Gasteiger partial charge in [-0.05, 0) is 11.6 Å². The van der Waals surface area contributed by atoms with E-state index in [0.717, 1.165) is 16.2 Å². The fourth-order valence-electron chi connectivity index (χ4n) is 3.38. The first-order valence-electron chi connectivity index (χ1n) is 9.51. The number of hydrogen-bond donors (Lipinski definition) is 3. The van der Waals surface area contributed by atoms with E-state index in [1.807, 2.05) is 0 Å². The molecule has 13 nitrogen and oxygen atoms in total. The molecule has 0 saturated carbocycles. The van der Waals surface area contributed by atoms with Gasteiger partial charge in [-0.15, -0.1) is 23.1 Å². The molecule has 16 heteroatoms. The number of amides is 2. The Morgan fingerprint density at radius 2 is 2.20 bits per heavy atom. The summed E-state index contributed by atoms with van der Waals surface area (Å²) in [6.07, 6.45) is 5.91. The first kappa shape index (κ1) is 26.6. The van der Waals surface area contributed by atoms with Gasteiger partial charge in [0.1, 0.15) is 23.4 Å². The maximum absolute atomic E-state index is 12.8. The van der Waals surface area contributed by atoms with Crippen molar-refractivity contribution in [2.75, 3.05) is 18.6 Å². The molecule has 0 aliphatic carbocycles. The first-order chi connectivity index (χ1) is 16.3. The van der Waals surface area contributed by atoms with Gasteiger partial charge in [0, 0.05) is 17.3 Å². The SMILES string of the molecule is COc1ncncc1/C=C\C1=C(C(=O)[O-])N2C(=O)[C@@H](NC(=O)/C(=N\O)c3csc(N)n3)[C@H]2SC1.[Na+]. The van der Waals surface area contributed by atoms with Crippen molar-refractivity contribution in [3.8, 4) is 5.88 Å². The minimum absolute atomic E-state index is 0. The van der Waals surface area contributed by atoms with Crippen LogP contribution < -0.4 is 50.5 Å². The van der Waals surface area contributed by atoms with Gasteiger partial charge in [-0.25, -0.2) is 15.0 Å². The van der Waals surface area contributed by atoms with Crippen LogP contribution in [0.5, 0.6) is 5.88 Å². The van der Waals surface area contributed by atoms with Gasteiger partial charge in [0.05, 0.1) is 24.3 Å². The molecule has 2 amide bonds. The fourth-order valence-corrected chi connectivity index (χ4v) is 5.25. The average Bonchev–Trinajstić information content (AvgIpc) is 3.26. The maximum atomic E-state index is 12.8. The summed E-state index contributed by atoms with van der Waals surface area (Å²) in [5, 5.41) is 27.5. The number of aliphatic carboxylic acids is 1. The van der Waals surface area contributed by atoms with Crippen LogP contribution in [-0.2, 0) is 14.4 Å². The van der Waals surface area contributed by atoms with Crippen molar-refractivity contribution in [2.24, 2.45) is 5.16 Å². The number of allylic oxidation sites excluding steroid dienone is 1. The molecule has 0 spiro atoms. The largest absolute Gasteiger partial charge is 1.00 e. The molecule has 1 saturated heterocycles. The Bertz CT molecular complexity index is 1260. The number of nitrogens with one attached hydrogen (secondary N) is 1. The predicted octanol–water partition coefficient (Wildman–Crippen LogP) is -4.18. The second-order valence-electron chi connectivity index (χ2n) is 6.86. The van der Waals surface area contributed by atoms with Crippen LogP contribution in [0.25, 0.3) is 6.08 Å². The van der Waals surface area contributed by atoms with Gasteiger partial charge < -0.3 is 30.9 Å². The third-order valence-corrected chi connectivity index (χ3v) is 6.89. The summed E-state index contributed by atoms with van der Waals surface area (Å²) in [4.78, 5) is 50.1. The molecule has 0 radical (unpaired) electrons. The molecule has 0 aromatic carbocycles. The Labute approximate surface area is 228 Å². The molecule has 4 N–H and O–H groups in total. The van der Waals surface area contributed by atoms with Crippen LogP contribution in [0.15, 0.2) is 40.4 Å². The van der Waals surface area contributed by atoms with Crippen LogP contribution in [-0.4, -0.2) is 72.8 Å². The zero-order valence-corrected chi connectivity index (χ0v) is 22.0. The van der Waals surface area contributed by atoms with Gasteiger partial charge in [-0.1, -0.05) is 11.2 Å². The standard InChI is InChI=1S/C19H17N7O6S2.Na/c1-32-15-8(4-21-7-22-15)2-3-9-5-33-17-12(16(28)26(17)13(9)18(29)30)24-14(27)11(25-31)10-6-34-19(20)23-10;/h2-4,6-7,12,17,31H,5H2,1H3,(H2,20,23)(H,24,27)(H,29,30);/q;+1/p-1/b3-2-,25-11-;/t12-,17-;/m1./s1. The number of rotatable bonds is 7. The number of nitrogens with two attached hydrogens (primary N) is 1. The topological polar surface area (TPSA) is 196 Å². The van der Waals surface area contributed by atoms with Gasteiger partial charge in [0.25, 0.3) is 11.8 Å². The number of anilines is 1. The number of carbonyl (C=O) groups excluding carboxylic acids is 3. The Morgan fingerprint density at radius 3 is 2.83 bits per heavy atom. The monoisotopic (exact) mass is 525 g/mol. The van der Waals surface area contributed by atoms with Crippen molar-refractivity contribution in [1.29, 1.82) is 0 Å². The quantitative estimate of drug-likeness (QED) is 0.104. The Kier molecular flexibility index (Phi) is 8.50. The van der Waals surface area contributed by atoms with E-state index in [0.29, 0.717) is 17.0 Å². The van der Waals surface area contributed by atoms with Crippen molar-refractivity contribution in [3.63, 3.8) is 0 Å². The van der Waals surface area contributed by atoms with Gasteiger partial charge in [-0.2, -0.15) is 0 Å². The van der Waals surface area contributed by atoms with Gasteiger partial charge in [0.15, 0.2) is 10.8 Å². The number of fused-ring (bicyclic) bond motifs is 1. The summed E-state index contributed by atoms with van der Waals surface area (Å²) in [6, 6.07) is -1.03. The van der Waals surface area contributed by atoms with E-state index in [1.54, 1.807) is 6.08 Å². The number of aromatic nitrogens is 3. The summed E-state index contributed by atoms with van der Waals surface area (Å²) >= 11 is 2.30. The number of thiazole rings is 1. The van der Waals surface area contributed by atoms with Crippen LogP contribution in [0.3, 0.4) is 0 Å². The van der Waals surface area contributed by atoms with E-state index in [1.165, 1.54) is 42.9 Å². The molecule has 2 aromatic rings. The third-order valence-electron chi connectivity index (χ3n) is 4.92. The molecular weight excluding hydrogens is 509 g/mol. The second-order valence-corrected chi connectivity index (χ2v) is 8.86. The molecule has 2 aliphatic rings. The normalized spacial score (nSPS) is 19.6. The zero-order valence-electron chi connectivity index (χ0n) is 18.4. The van der Waals surface area contributed by atoms with Crippen molar-refractivity contribution in [1.82, 2.24) is 25.2 Å². The number of ether oxygens (including phenoxy) is 1. The fraction of sp³-hybridized carbons (Fsp3) is 0.211. The van der Waals surface area contributed by atoms with Gasteiger partial charge in [0.2, 0.25) is 5.88 Å². The van der Waals surface area contributed by atoms with Crippen LogP contribution in [0, 0.1) is 0 Å². The summed E-state index contributed by atoms with van der Waals surface area (Å²) in [7, 11) is 1.44. The van der Waals surface area contributed by atoms with Crippen LogP contribution in [0.1, 0.15) is 11.3 Å². The van der Waals surface area contributed by atoms with E-state index in [4.69, 9.17) is 10.5 Å². The molecule has 176 valence electrons. The molecule has 2 aromatic heterocycles. The molecule has 2 aliphatic heterocycles. The van der Waals surface area contributed by atoms with Crippen molar-refractivity contribution < 1.29 is 59.0 Å². The minimum atomic E-state index is -1.53. The Morgan fingerprint density at radius 1 is 1.43 bits per heavy atom. The van der Waals surface area contributed by atoms with E-state index in [-0.39, 0.29) is 51.8 Å². The molecule has 0 bridgehead atoms. The maximum Gasteiger partial charge on any atom is 1.00 e. The number of carboxylic acids is 1. The van der Waals surface area contributed by atoms with Crippen LogP contribution in [0.4, 0.5) is 5.13 Å². The summed E-state index contributed by atoms with van der Waals surface area (Å²) in [5.41, 5.74) is 5.72. The average molecular weight is 526 g/mol. The van der Waals surface area contributed by atoms with Gasteiger partial charge in [-0.3, -0.25) is 14.5 Å². The summed E-state index contributed by atoms with van der Waals surface area (Å²) in [6.45, 7) is 0. The summed E-state index contributed by atoms with van der Waals surface area (Å²) in [5.74, 6) is -2.51. The van der Waals surface area contributed by atoms with E-state index >= 15 is 0 Å². The Hall–Kier alpha value is -2.98. The minimum Gasteiger partial charge on any atom is -0.543 e. The smallest absolute Gasteiger partial charge is 0.543 e. The number of hydrogen-bond acceptors (Lipinski definition) is 13. The number of nitrogens with zero attached hydrogens (tertiary/aromatic N) is 5. The first-order valence-corrected chi connectivity index (χ1v) is 11.4. The summed E-state index contributed by atoms with van der Waals surface area (Å²) < 4.78 is 5.14. The molecule has 35 heavy (non-hydrogen) atoms. The van der Waals surface area contributed by atoms with E-state index in [9.17, 15) is 24.7 Å². The van der Waals surface area contributed by atoms with Gasteiger partial charge >= 0.3 is 29.6 Å². The van der Waals surface area contributed by atoms with Crippen molar-refractivity contribution in [2.45, 2.75) is 11.4 Å².